The lowest BCUT2D eigenvalue weighted by Gasteiger charge is -2.04. The smallest absolute Gasteiger partial charge is 0.256 e. The minimum absolute atomic E-state index is 0. The highest BCUT2D eigenvalue weighted by atomic mass is 35.5. The summed E-state index contributed by atoms with van der Waals surface area (Å²) in [6.45, 7) is 2.76. The fourth-order valence-electron chi connectivity index (χ4n) is 1.65. The van der Waals surface area contributed by atoms with E-state index < -0.39 is 0 Å². The van der Waals surface area contributed by atoms with E-state index in [1.165, 1.54) is 5.56 Å². The lowest BCUT2D eigenvalue weighted by molar-refractivity contribution is 0.393. The first-order chi connectivity index (χ1) is 8.11. The van der Waals surface area contributed by atoms with Crippen LogP contribution in [-0.2, 0) is 20.6 Å². The van der Waals surface area contributed by atoms with E-state index in [0.717, 1.165) is 11.4 Å². The minimum atomic E-state index is 0. The molecule has 0 saturated heterocycles. The van der Waals surface area contributed by atoms with Crippen LogP contribution in [0.3, 0.4) is 0 Å². The van der Waals surface area contributed by atoms with Gasteiger partial charge in [-0.05, 0) is 6.92 Å². The molecule has 0 saturated carbocycles. The van der Waals surface area contributed by atoms with Crippen molar-refractivity contribution in [3.05, 3.63) is 23.7 Å². The van der Waals surface area contributed by atoms with Gasteiger partial charge in [0.15, 0.2) is 0 Å². The van der Waals surface area contributed by atoms with Crippen molar-refractivity contribution in [1.29, 1.82) is 0 Å². The summed E-state index contributed by atoms with van der Waals surface area (Å²) in [5.74, 6) is 0.606. The summed E-state index contributed by atoms with van der Waals surface area (Å²) in [6, 6.07) is 0. The summed E-state index contributed by atoms with van der Waals surface area (Å²) in [6.07, 6.45) is 3.76. The number of aromatic nitrogens is 4. The quantitative estimate of drug-likeness (QED) is 0.916. The number of anilines is 1. The van der Waals surface area contributed by atoms with Gasteiger partial charge in [-0.25, -0.2) is 0 Å². The van der Waals surface area contributed by atoms with Gasteiger partial charge in [-0.15, -0.1) is 17.5 Å². The highest BCUT2D eigenvalue weighted by molar-refractivity contribution is 5.85. The van der Waals surface area contributed by atoms with Gasteiger partial charge in [-0.1, -0.05) is 0 Å². The van der Waals surface area contributed by atoms with Crippen molar-refractivity contribution in [2.24, 2.45) is 14.1 Å². The number of methoxy groups -OCH3 is 1. The second-order valence-electron chi connectivity index (χ2n) is 3.96. The summed E-state index contributed by atoms with van der Waals surface area (Å²) in [4.78, 5) is 0. The Morgan fingerprint density at radius 2 is 2.11 bits per heavy atom. The fraction of sp³-hybridized carbons (Fsp3) is 0.455. The molecule has 0 atom stereocenters. The minimum Gasteiger partial charge on any atom is -0.478 e. The van der Waals surface area contributed by atoms with Gasteiger partial charge < -0.3 is 10.1 Å². The molecule has 2 heterocycles. The summed E-state index contributed by atoms with van der Waals surface area (Å²) in [5.41, 5.74) is 3.21. The normalized spacial score (nSPS) is 10.0. The van der Waals surface area contributed by atoms with Gasteiger partial charge in [0.05, 0.1) is 19.5 Å². The van der Waals surface area contributed by atoms with Crippen LogP contribution in [0.15, 0.2) is 12.4 Å². The molecule has 0 amide bonds. The second kappa shape index (κ2) is 5.77. The molecular formula is C11H18ClN5O. The van der Waals surface area contributed by atoms with Gasteiger partial charge in [0, 0.05) is 31.9 Å². The number of rotatable bonds is 4. The molecule has 6 nitrogen and oxygen atoms in total. The Morgan fingerprint density at radius 3 is 2.67 bits per heavy atom. The molecule has 0 aliphatic carbocycles. The first kappa shape index (κ1) is 14.4. The van der Waals surface area contributed by atoms with Crippen LogP contribution in [-0.4, -0.2) is 26.7 Å². The zero-order chi connectivity index (χ0) is 12.4. The molecule has 0 aliphatic rings. The zero-order valence-electron chi connectivity index (χ0n) is 11.0. The molecule has 2 aromatic rings. The van der Waals surface area contributed by atoms with Crippen molar-refractivity contribution in [3.63, 3.8) is 0 Å². The van der Waals surface area contributed by atoms with Crippen molar-refractivity contribution in [2.75, 3.05) is 12.4 Å². The molecule has 2 aromatic heterocycles. The molecule has 0 bridgehead atoms. The first-order valence-corrected chi connectivity index (χ1v) is 5.40. The van der Waals surface area contributed by atoms with Crippen molar-refractivity contribution >= 4 is 18.1 Å². The van der Waals surface area contributed by atoms with Crippen molar-refractivity contribution in [2.45, 2.75) is 13.5 Å². The third-order valence-corrected chi connectivity index (χ3v) is 2.79. The van der Waals surface area contributed by atoms with Crippen LogP contribution in [0, 0.1) is 6.92 Å². The fourth-order valence-corrected chi connectivity index (χ4v) is 1.65. The van der Waals surface area contributed by atoms with E-state index in [1.807, 2.05) is 38.1 Å². The molecule has 0 unspecified atom stereocenters. The highest BCUT2D eigenvalue weighted by Crippen LogP contribution is 2.22. The molecule has 18 heavy (non-hydrogen) atoms. The molecule has 0 aromatic carbocycles. The SMILES string of the molecule is COc1nn(C)cc1NCc1cnn(C)c1C.Cl. The maximum atomic E-state index is 5.17. The number of hydrogen-bond acceptors (Lipinski definition) is 4. The standard InChI is InChI=1S/C11H17N5O.ClH/c1-8-9(6-13-16(8)3)5-12-10-7-15(2)14-11(10)17-4;/h6-7,12H,5H2,1-4H3;1H. The number of nitrogens with one attached hydrogen (secondary N) is 1. The predicted octanol–water partition coefficient (Wildman–Crippen LogP) is 1.50. The lowest BCUT2D eigenvalue weighted by Crippen LogP contribution is -2.02. The van der Waals surface area contributed by atoms with Crippen LogP contribution in [0.1, 0.15) is 11.3 Å². The molecule has 100 valence electrons. The van der Waals surface area contributed by atoms with Gasteiger partial charge in [0.25, 0.3) is 5.88 Å². The molecule has 0 radical (unpaired) electrons. The van der Waals surface area contributed by atoms with E-state index >= 15 is 0 Å². The van der Waals surface area contributed by atoms with Crippen LogP contribution in [0.4, 0.5) is 5.69 Å². The average Bonchev–Trinajstić information content (AvgIpc) is 2.82. The Bertz CT molecular complexity index is 519. The van der Waals surface area contributed by atoms with Crippen LogP contribution < -0.4 is 10.1 Å². The Labute approximate surface area is 112 Å². The largest absolute Gasteiger partial charge is 0.478 e. The third kappa shape index (κ3) is 2.76. The second-order valence-corrected chi connectivity index (χ2v) is 3.96. The molecule has 2 rings (SSSR count). The van der Waals surface area contributed by atoms with E-state index in [1.54, 1.807) is 11.8 Å². The van der Waals surface area contributed by atoms with Crippen LogP contribution in [0.5, 0.6) is 5.88 Å². The van der Waals surface area contributed by atoms with Crippen molar-refractivity contribution in [1.82, 2.24) is 19.6 Å². The number of halogens is 1. The predicted molar refractivity (Wildman–Crippen MR) is 72.3 cm³/mol. The van der Waals surface area contributed by atoms with Crippen molar-refractivity contribution < 1.29 is 4.74 Å². The highest BCUT2D eigenvalue weighted by Gasteiger charge is 2.09. The van der Waals surface area contributed by atoms with Crippen LogP contribution in [0.25, 0.3) is 0 Å². The van der Waals surface area contributed by atoms with Gasteiger partial charge >= 0.3 is 0 Å². The molecular weight excluding hydrogens is 254 g/mol. The Morgan fingerprint density at radius 1 is 1.39 bits per heavy atom. The van der Waals surface area contributed by atoms with E-state index in [9.17, 15) is 0 Å². The average molecular weight is 272 g/mol. The maximum absolute atomic E-state index is 5.17. The maximum Gasteiger partial charge on any atom is 0.256 e. The number of hydrogen-bond donors (Lipinski definition) is 1. The first-order valence-electron chi connectivity index (χ1n) is 5.40. The van der Waals surface area contributed by atoms with Gasteiger partial charge in [-0.2, -0.15) is 5.10 Å². The number of aryl methyl sites for hydroxylation is 2. The Kier molecular flexibility index (Phi) is 4.61. The van der Waals surface area contributed by atoms with E-state index in [-0.39, 0.29) is 12.4 Å². The van der Waals surface area contributed by atoms with Gasteiger partial charge in [0.2, 0.25) is 0 Å². The summed E-state index contributed by atoms with van der Waals surface area (Å²) < 4.78 is 8.75. The van der Waals surface area contributed by atoms with Crippen LogP contribution >= 0.6 is 12.4 Å². The molecule has 7 heteroatoms. The number of nitrogens with zero attached hydrogens (tertiary/aromatic N) is 4. The van der Waals surface area contributed by atoms with E-state index in [2.05, 4.69) is 15.5 Å². The van der Waals surface area contributed by atoms with Gasteiger partial charge in [0.1, 0.15) is 5.69 Å². The summed E-state index contributed by atoms with van der Waals surface area (Å²) in [7, 11) is 5.41. The van der Waals surface area contributed by atoms with Crippen molar-refractivity contribution in [3.8, 4) is 5.88 Å². The van der Waals surface area contributed by atoms with E-state index in [0.29, 0.717) is 12.4 Å². The zero-order valence-corrected chi connectivity index (χ0v) is 11.8. The van der Waals surface area contributed by atoms with E-state index in [4.69, 9.17) is 4.74 Å². The van der Waals surface area contributed by atoms with Gasteiger partial charge in [-0.3, -0.25) is 9.36 Å². The Hall–Kier alpha value is -1.69. The number of ether oxygens (including phenoxy) is 1. The van der Waals surface area contributed by atoms with Crippen LogP contribution in [0.2, 0.25) is 0 Å². The Balaban J connectivity index is 0.00000162. The third-order valence-electron chi connectivity index (χ3n) is 2.79. The molecule has 0 spiro atoms. The lowest BCUT2D eigenvalue weighted by atomic mass is 10.2. The monoisotopic (exact) mass is 271 g/mol. The molecule has 0 fully saturated rings. The molecule has 0 aliphatic heterocycles. The summed E-state index contributed by atoms with van der Waals surface area (Å²) in [5, 5.41) is 11.7. The summed E-state index contributed by atoms with van der Waals surface area (Å²) >= 11 is 0. The topological polar surface area (TPSA) is 56.9 Å². The molecule has 1 N–H and O–H groups in total.